The standard InChI is InChI=1S/C13H21BrN2O4/c1-17-6-7-20-8-10(16-15)9-4-5-11(18-2)12(14)13(9)19-3/h4-5,10,16H,6-8,15H2,1-3H3. The van der Waals surface area contributed by atoms with E-state index >= 15 is 0 Å². The number of methoxy groups -OCH3 is 3. The Balaban J connectivity index is 2.88. The first kappa shape index (κ1) is 17.2. The summed E-state index contributed by atoms with van der Waals surface area (Å²) in [5, 5.41) is 0. The second-order valence-electron chi connectivity index (χ2n) is 3.99. The minimum absolute atomic E-state index is 0.191. The molecular weight excluding hydrogens is 328 g/mol. The van der Waals surface area contributed by atoms with Gasteiger partial charge < -0.3 is 18.9 Å². The van der Waals surface area contributed by atoms with E-state index in [1.54, 1.807) is 21.3 Å². The number of hydrazine groups is 1. The number of benzene rings is 1. The molecule has 1 atom stereocenters. The van der Waals surface area contributed by atoms with Crippen LogP contribution >= 0.6 is 15.9 Å². The van der Waals surface area contributed by atoms with Crippen molar-refractivity contribution in [2.75, 3.05) is 41.2 Å². The number of rotatable bonds is 9. The number of nitrogens with one attached hydrogen (secondary N) is 1. The Morgan fingerprint density at radius 2 is 1.95 bits per heavy atom. The summed E-state index contributed by atoms with van der Waals surface area (Å²) in [7, 11) is 4.83. The lowest BCUT2D eigenvalue weighted by Crippen LogP contribution is -2.32. The fourth-order valence-corrected chi connectivity index (χ4v) is 2.45. The maximum atomic E-state index is 5.60. The summed E-state index contributed by atoms with van der Waals surface area (Å²) in [6, 6.07) is 3.55. The van der Waals surface area contributed by atoms with Crippen LogP contribution in [0.5, 0.6) is 11.5 Å². The highest BCUT2D eigenvalue weighted by atomic mass is 79.9. The molecule has 0 spiro atoms. The molecule has 0 aliphatic heterocycles. The van der Waals surface area contributed by atoms with Crippen LogP contribution in [-0.4, -0.2) is 41.2 Å². The van der Waals surface area contributed by atoms with E-state index in [9.17, 15) is 0 Å². The van der Waals surface area contributed by atoms with E-state index in [0.29, 0.717) is 31.3 Å². The average molecular weight is 349 g/mol. The average Bonchev–Trinajstić information content (AvgIpc) is 2.47. The molecule has 1 rings (SSSR count). The van der Waals surface area contributed by atoms with Crippen LogP contribution in [0.3, 0.4) is 0 Å². The Morgan fingerprint density at radius 1 is 1.20 bits per heavy atom. The van der Waals surface area contributed by atoms with Crippen LogP contribution in [-0.2, 0) is 9.47 Å². The Labute approximate surface area is 127 Å². The van der Waals surface area contributed by atoms with E-state index in [1.165, 1.54) is 0 Å². The van der Waals surface area contributed by atoms with Crippen molar-refractivity contribution in [2.45, 2.75) is 6.04 Å². The van der Waals surface area contributed by atoms with Gasteiger partial charge in [-0.05, 0) is 28.1 Å². The first-order chi connectivity index (χ1) is 9.69. The van der Waals surface area contributed by atoms with Gasteiger partial charge in [0.2, 0.25) is 0 Å². The second-order valence-corrected chi connectivity index (χ2v) is 4.78. The number of ether oxygens (including phenoxy) is 4. The predicted molar refractivity (Wildman–Crippen MR) is 80.0 cm³/mol. The molecule has 0 saturated carbocycles. The summed E-state index contributed by atoms with van der Waals surface area (Å²) < 4.78 is 21.9. The van der Waals surface area contributed by atoms with Gasteiger partial charge in [-0.1, -0.05) is 0 Å². The van der Waals surface area contributed by atoms with Crippen molar-refractivity contribution in [3.05, 3.63) is 22.2 Å². The van der Waals surface area contributed by atoms with Gasteiger partial charge in [-0.15, -0.1) is 0 Å². The molecule has 0 radical (unpaired) electrons. The molecule has 6 nitrogen and oxygen atoms in total. The van der Waals surface area contributed by atoms with Crippen LogP contribution in [0, 0.1) is 0 Å². The summed E-state index contributed by atoms with van der Waals surface area (Å²) in [6.07, 6.45) is 0. The van der Waals surface area contributed by atoms with Gasteiger partial charge in [0.1, 0.15) is 16.0 Å². The number of hydrogen-bond donors (Lipinski definition) is 2. The van der Waals surface area contributed by atoms with Crippen molar-refractivity contribution >= 4 is 15.9 Å². The maximum Gasteiger partial charge on any atom is 0.141 e. The minimum Gasteiger partial charge on any atom is -0.495 e. The molecule has 0 fully saturated rings. The summed E-state index contributed by atoms with van der Waals surface area (Å²) in [5.74, 6) is 6.97. The fourth-order valence-electron chi connectivity index (χ4n) is 1.76. The third kappa shape index (κ3) is 4.32. The summed E-state index contributed by atoms with van der Waals surface area (Å²) in [6.45, 7) is 1.46. The van der Waals surface area contributed by atoms with Gasteiger partial charge in [-0.2, -0.15) is 0 Å². The van der Waals surface area contributed by atoms with Gasteiger partial charge in [0.25, 0.3) is 0 Å². The Bertz CT molecular complexity index is 418. The highest BCUT2D eigenvalue weighted by Gasteiger charge is 2.19. The summed E-state index contributed by atoms with van der Waals surface area (Å²) in [5.41, 5.74) is 3.62. The molecular formula is C13H21BrN2O4. The van der Waals surface area contributed by atoms with E-state index in [4.69, 9.17) is 24.8 Å². The number of hydrogen-bond acceptors (Lipinski definition) is 6. The van der Waals surface area contributed by atoms with Crippen molar-refractivity contribution < 1.29 is 18.9 Å². The minimum atomic E-state index is -0.191. The van der Waals surface area contributed by atoms with Crippen LogP contribution in [0.2, 0.25) is 0 Å². The molecule has 1 aromatic carbocycles. The SMILES string of the molecule is COCCOCC(NN)c1ccc(OC)c(Br)c1OC. The fraction of sp³-hybridized carbons (Fsp3) is 0.538. The van der Waals surface area contributed by atoms with Gasteiger partial charge in [-0.25, -0.2) is 0 Å². The molecule has 1 unspecified atom stereocenters. The third-order valence-electron chi connectivity index (χ3n) is 2.81. The molecule has 0 aliphatic carbocycles. The molecule has 0 aliphatic rings. The topological polar surface area (TPSA) is 75.0 Å². The van der Waals surface area contributed by atoms with Crippen molar-refractivity contribution in [1.82, 2.24) is 5.43 Å². The van der Waals surface area contributed by atoms with E-state index in [-0.39, 0.29) is 6.04 Å². The van der Waals surface area contributed by atoms with Crippen molar-refractivity contribution in [3.8, 4) is 11.5 Å². The Hall–Kier alpha value is -0.860. The highest BCUT2D eigenvalue weighted by Crippen LogP contribution is 2.39. The maximum absolute atomic E-state index is 5.60. The number of nitrogens with two attached hydrogens (primary N) is 1. The lowest BCUT2D eigenvalue weighted by atomic mass is 10.1. The van der Waals surface area contributed by atoms with E-state index in [2.05, 4.69) is 21.4 Å². The zero-order valence-electron chi connectivity index (χ0n) is 11.9. The van der Waals surface area contributed by atoms with Crippen molar-refractivity contribution in [2.24, 2.45) is 5.84 Å². The van der Waals surface area contributed by atoms with Gasteiger partial charge in [-0.3, -0.25) is 11.3 Å². The van der Waals surface area contributed by atoms with Gasteiger partial charge in [0.05, 0.1) is 40.1 Å². The highest BCUT2D eigenvalue weighted by molar-refractivity contribution is 9.10. The summed E-state index contributed by atoms with van der Waals surface area (Å²) >= 11 is 3.46. The largest absolute Gasteiger partial charge is 0.495 e. The molecule has 7 heteroatoms. The zero-order chi connectivity index (χ0) is 15.0. The van der Waals surface area contributed by atoms with E-state index < -0.39 is 0 Å². The first-order valence-corrected chi connectivity index (χ1v) is 6.92. The molecule has 0 heterocycles. The zero-order valence-corrected chi connectivity index (χ0v) is 13.5. The van der Waals surface area contributed by atoms with Crippen molar-refractivity contribution in [1.29, 1.82) is 0 Å². The van der Waals surface area contributed by atoms with E-state index in [0.717, 1.165) is 10.0 Å². The third-order valence-corrected chi connectivity index (χ3v) is 3.56. The van der Waals surface area contributed by atoms with Gasteiger partial charge >= 0.3 is 0 Å². The quantitative estimate of drug-likeness (QED) is 0.401. The van der Waals surface area contributed by atoms with Crippen LogP contribution in [0.1, 0.15) is 11.6 Å². The summed E-state index contributed by atoms with van der Waals surface area (Å²) in [4.78, 5) is 0. The predicted octanol–water partition coefficient (Wildman–Crippen LogP) is 1.63. The van der Waals surface area contributed by atoms with Crippen LogP contribution < -0.4 is 20.7 Å². The van der Waals surface area contributed by atoms with Crippen LogP contribution in [0.4, 0.5) is 0 Å². The van der Waals surface area contributed by atoms with E-state index in [1.807, 2.05) is 12.1 Å². The monoisotopic (exact) mass is 348 g/mol. The molecule has 0 bridgehead atoms. The smallest absolute Gasteiger partial charge is 0.141 e. The molecule has 3 N–H and O–H groups in total. The van der Waals surface area contributed by atoms with Gasteiger partial charge in [0, 0.05) is 12.7 Å². The first-order valence-electron chi connectivity index (χ1n) is 6.12. The lowest BCUT2D eigenvalue weighted by Gasteiger charge is -2.21. The molecule has 0 saturated heterocycles. The van der Waals surface area contributed by atoms with Gasteiger partial charge in [0.15, 0.2) is 0 Å². The molecule has 114 valence electrons. The van der Waals surface area contributed by atoms with Crippen LogP contribution in [0.25, 0.3) is 0 Å². The van der Waals surface area contributed by atoms with Crippen LogP contribution in [0.15, 0.2) is 16.6 Å². The molecule has 20 heavy (non-hydrogen) atoms. The second kappa shape index (κ2) is 9.15. The number of halogens is 1. The molecule has 1 aromatic rings. The van der Waals surface area contributed by atoms with Crippen molar-refractivity contribution in [3.63, 3.8) is 0 Å². The normalized spacial score (nSPS) is 12.2. The molecule has 0 amide bonds. The molecule has 0 aromatic heterocycles. The lowest BCUT2D eigenvalue weighted by molar-refractivity contribution is 0.0582. The Kier molecular flexibility index (Phi) is 7.86. The Morgan fingerprint density at radius 3 is 2.50 bits per heavy atom.